The Hall–Kier alpha value is -2.57. The Morgan fingerprint density at radius 3 is 2.21 bits per heavy atom. The van der Waals surface area contributed by atoms with Gasteiger partial charge in [0.1, 0.15) is 5.75 Å². The van der Waals surface area contributed by atoms with Gasteiger partial charge in [-0.25, -0.2) is 4.90 Å². The highest BCUT2D eigenvalue weighted by Crippen LogP contribution is 2.29. The molecule has 0 N–H and O–H groups in total. The number of benzene rings is 2. The molecule has 33 heavy (non-hydrogen) atoms. The van der Waals surface area contributed by atoms with Crippen LogP contribution in [0.2, 0.25) is 5.02 Å². The van der Waals surface area contributed by atoms with E-state index in [2.05, 4.69) is 16.7 Å². The first kappa shape index (κ1) is 23.6. The number of ether oxygens (including phenoxy) is 1. The average molecular weight is 470 g/mol. The fourth-order valence-corrected chi connectivity index (χ4v) is 4.65. The second-order valence-electron chi connectivity index (χ2n) is 8.69. The van der Waals surface area contributed by atoms with E-state index < -0.39 is 0 Å². The number of hydrogen-bond donors (Lipinski definition) is 0. The van der Waals surface area contributed by atoms with E-state index in [0.29, 0.717) is 12.3 Å². The van der Waals surface area contributed by atoms with Gasteiger partial charge in [-0.3, -0.25) is 14.5 Å². The van der Waals surface area contributed by atoms with Crippen molar-refractivity contribution in [3.63, 3.8) is 0 Å². The first-order chi connectivity index (χ1) is 16.1. The third-order valence-corrected chi connectivity index (χ3v) is 6.68. The molecular formula is C26H32ClN3O3. The van der Waals surface area contributed by atoms with Crippen LogP contribution < -0.4 is 14.5 Å². The lowest BCUT2D eigenvalue weighted by Crippen LogP contribution is -2.52. The van der Waals surface area contributed by atoms with Crippen LogP contribution in [0.15, 0.2) is 48.5 Å². The number of amides is 2. The molecule has 0 unspecified atom stereocenters. The molecule has 0 bridgehead atoms. The number of halogens is 1. The van der Waals surface area contributed by atoms with Crippen LogP contribution >= 0.6 is 11.6 Å². The van der Waals surface area contributed by atoms with Gasteiger partial charge in [0.25, 0.3) is 5.91 Å². The fraction of sp³-hybridized carbons (Fsp3) is 0.462. The summed E-state index contributed by atoms with van der Waals surface area (Å²) in [6.07, 6.45) is 4.85. The number of unbranched alkanes of at least 4 members (excludes halogenated alkanes) is 3. The van der Waals surface area contributed by atoms with Crippen LogP contribution in [0.25, 0.3) is 0 Å². The number of carbonyl (C=O) groups excluding carboxylic acids is 2. The number of carbonyl (C=O) groups is 2. The second kappa shape index (κ2) is 11.0. The van der Waals surface area contributed by atoms with E-state index in [1.165, 1.54) is 24.2 Å². The Morgan fingerprint density at radius 2 is 1.55 bits per heavy atom. The molecule has 0 aliphatic carbocycles. The summed E-state index contributed by atoms with van der Waals surface area (Å²) in [6.45, 7) is 5.97. The molecule has 4 rings (SSSR count). The van der Waals surface area contributed by atoms with E-state index >= 15 is 0 Å². The van der Waals surface area contributed by atoms with Crippen molar-refractivity contribution in [3.8, 4) is 5.75 Å². The molecule has 0 aromatic heterocycles. The summed E-state index contributed by atoms with van der Waals surface area (Å²) < 4.78 is 5.78. The van der Waals surface area contributed by atoms with E-state index in [1.807, 2.05) is 36.4 Å². The number of imide groups is 1. The SMILES string of the molecule is CCCCCCOc1ccc(N2C(=O)C[C@H](N3CCN(c4ccc(Cl)cc4)CC3)C2=O)cc1. The van der Waals surface area contributed by atoms with Crippen molar-refractivity contribution < 1.29 is 14.3 Å². The summed E-state index contributed by atoms with van der Waals surface area (Å²) in [5.41, 5.74) is 1.74. The highest BCUT2D eigenvalue weighted by Gasteiger charge is 2.43. The minimum Gasteiger partial charge on any atom is -0.494 e. The van der Waals surface area contributed by atoms with Gasteiger partial charge in [0.15, 0.2) is 0 Å². The number of hydrogen-bond acceptors (Lipinski definition) is 5. The van der Waals surface area contributed by atoms with Gasteiger partial charge in [-0.2, -0.15) is 0 Å². The van der Waals surface area contributed by atoms with Gasteiger partial charge >= 0.3 is 0 Å². The molecule has 2 aromatic carbocycles. The highest BCUT2D eigenvalue weighted by molar-refractivity contribution is 6.30. The fourth-order valence-electron chi connectivity index (χ4n) is 4.53. The van der Waals surface area contributed by atoms with Crippen molar-refractivity contribution in [3.05, 3.63) is 53.6 Å². The molecule has 2 aromatic rings. The van der Waals surface area contributed by atoms with Gasteiger partial charge in [-0.05, 0) is 55.0 Å². The van der Waals surface area contributed by atoms with E-state index in [-0.39, 0.29) is 24.3 Å². The van der Waals surface area contributed by atoms with Crippen LogP contribution in [0.3, 0.4) is 0 Å². The quantitative estimate of drug-likeness (QED) is 0.391. The molecule has 176 valence electrons. The van der Waals surface area contributed by atoms with Gasteiger partial charge in [0.2, 0.25) is 5.91 Å². The summed E-state index contributed by atoms with van der Waals surface area (Å²) in [4.78, 5) is 31.7. The minimum atomic E-state index is -0.389. The van der Waals surface area contributed by atoms with Crippen molar-refractivity contribution in [2.75, 3.05) is 42.6 Å². The van der Waals surface area contributed by atoms with Crippen molar-refractivity contribution in [2.24, 2.45) is 0 Å². The summed E-state index contributed by atoms with van der Waals surface area (Å²) in [6, 6.07) is 14.7. The van der Waals surface area contributed by atoms with Gasteiger partial charge in [0, 0.05) is 36.9 Å². The lowest BCUT2D eigenvalue weighted by atomic mass is 10.1. The smallest absolute Gasteiger partial charge is 0.251 e. The topological polar surface area (TPSA) is 53.1 Å². The molecule has 2 amide bonds. The molecular weight excluding hydrogens is 438 g/mol. The lowest BCUT2D eigenvalue weighted by Gasteiger charge is -2.38. The van der Waals surface area contributed by atoms with Crippen LogP contribution in [0, 0.1) is 0 Å². The number of rotatable bonds is 9. The van der Waals surface area contributed by atoms with Crippen molar-refractivity contribution in [2.45, 2.75) is 45.1 Å². The number of nitrogens with zero attached hydrogens (tertiary/aromatic N) is 3. The van der Waals surface area contributed by atoms with E-state index in [4.69, 9.17) is 16.3 Å². The zero-order valence-corrected chi connectivity index (χ0v) is 20.0. The molecule has 0 radical (unpaired) electrons. The van der Waals surface area contributed by atoms with Crippen molar-refractivity contribution >= 4 is 34.8 Å². The molecule has 2 fully saturated rings. The maximum Gasteiger partial charge on any atom is 0.251 e. The van der Waals surface area contributed by atoms with Gasteiger partial charge in [0.05, 0.1) is 24.8 Å². The molecule has 6 nitrogen and oxygen atoms in total. The first-order valence-corrected chi connectivity index (χ1v) is 12.3. The maximum absolute atomic E-state index is 13.2. The minimum absolute atomic E-state index is 0.131. The van der Waals surface area contributed by atoms with Crippen LogP contribution in [0.5, 0.6) is 5.75 Å². The zero-order chi connectivity index (χ0) is 23.2. The number of anilines is 2. The normalized spacial score (nSPS) is 19.4. The van der Waals surface area contributed by atoms with Gasteiger partial charge < -0.3 is 9.64 Å². The molecule has 0 saturated carbocycles. The standard InChI is InChI=1S/C26H32ClN3O3/c1-2-3-4-5-18-33-23-12-10-22(11-13-23)30-25(31)19-24(26(30)32)29-16-14-28(15-17-29)21-8-6-20(27)7-9-21/h6-13,24H,2-5,14-19H2,1H3/t24-/m0/s1. The van der Waals surface area contributed by atoms with Crippen LogP contribution in [-0.4, -0.2) is 55.5 Å². The van der Waals surface area contributed by atoms with Gasteiger partial charge in [-0.15, -0.1) is 0 Å². The second-order valence-corrected chi connectivity index (χ2v) is 9.13. The third-order valence-electron chi connectivity index (χ3n) is 6.43. The van der Waals surface area contributed by atoms with Crippen LogP contribution in [-0.2, 0) is 9.59 Å². The Morgan fingerprint density at radius 1 is 0.879 bits per heavy atom. The molecule has 2 heterocycles. The molecule has 2 saturated heterocycles. The van der Waals surface area contributed by atoms with Crippen molar-refractivity contribution in [1.82, 2.24) is 4.90 Å². The Kier molecular flexibility index (Phi) is 7.89. The lowest BCUT2D eigenvalue weighted by molar-refractivity contribution is -0.123. The summed E-state index contributed by atoms with van der Waals surface area (Å²) >= 11 is 5.99. The first-order valence-electron chi connectivity index (χ1n) is 11.9. The molecule has 2 aliphatic heterocycles. The Balaban J connectivity index is 1.32. The number of piperazine rings is 1. The highest BCUT2D eigenvalue weighted by atomic mass is 35.5. The van der Waals surface area contributed by atoms with Crippen LogP contribution in [0.4, 0.5) is 11.4 Å². The average Bonchev–Trinajstić information content (AvgIpc) is 3.14. The summed E-state index contributed by atoms with van der Waals surface area (Å²) in [5.74, 6) is 0.496. The Labute approximate surface area is 201 Å². The predicted octanol–water partition coefficient (Wildman–Crippen LogP) is 4.75. The zero-order valence-electron chi connectivity index (χ0n) is 19.2. The molecule has 0 spiro atoms. The van der Waals surface area contributed by atoms with E-state index in [0.717, 1.165) is 49.1 Å². The van der Waals surface area contributed by atoms with E-state index in [9.17, 15) is 9.59 Å². The van der Waals surface area contributed by atoms with Crippen molar-refractivity contribution in [1.29, 1.82) is 0 Å². The predicted molar refractivity (Wildman–Crippen MR) is 132 cm³/mol. The maximum atomic E-state index is 13.2. The Bertz CT molecular complexity index is 940. The monoisotopic (exact) mass is 469 g/mol. The summed E-state index contributed by atoms with van der Waals surface area (Å²) in [5, 5.41) is 0.721. The van der Waals surface area contributed by atoms with Gasteiger partial charge in [-0.1, -0.05) is 37.8 Å². The third kappa shape index (κ3) is 5.68. The van der Waals surface area contributed by atoms with Crippen LogP contribution in [0.1, 0.15) is 39.0 Å². The molecule has 1 atom stereocenters. The molecule has 2 aliphatic rings. The largest absolute Gasteiger partial charge is 0.494 e. The molecule has 7 heteroatoms. The van der Waals surface area contributed by atoms with E-state index in [1.54, 1.807) is 12.1 Å². The summed E-state index contributed by atoms with van der Waals surface area (Å²) in [7, 11) is 0.